The summed E-state index contributed by atoms with van der Waals surface area (Å²) < 4.78 is 5.32. The third-order valence-electron chi connectivity index (χ3n) is 2.52. The van der Waals surface area contributed by atoms with E-state index in [4.69, 9.17) is 45.3 Å². The van der Waals surface area contributed by atoms with Crippen molar-refractivity contribution in [2.45, 2.75) is 0 Å². The van der Waals surface area contributed by atoms with E-state index in [1.54, 1.807) is 24.3 Å². The molecule has 1 amide bonds. The highest BCUT2D eigenvalue weighted by molar-refractivity contribution is 6.42. The predicted octanol–water partition coefficient (Wildman–Crippen LogP) is 4.25. The Bertz CT molecular complexity index is 677. The van der Waals surface area contributed by atoms with Gasteiger partial charge in [-0.25, -0.2) is 0 Å². The molecule has 0 aliphatic heterocycles. The molecule has 0 atom stereocenters. The van der Waals surface area contributed by atoms with Crippen LogP contribution in [0.15, 0.2) is 36.4 Å². The number of anilines is 2. The average molecular weight is 346 g/mol. The van der Waals surface area contributed by atoms with Gasteiger partial charge in [0.2, 0.25) is 0 Å². The minimum Gasteiger partial charge on any atom is -0.482 e. The number of halogens is 3. The first-order chi connectivity index (χ1) is 9.95. The number of benzene rings is 2. The number of nitrogens with one attached hydrogen (secondary N) is 1. The van der Waals surface area contributed by atoms with Crippen LogP contribution < -0.4 is 15.8 Å². The van der Waals surface area contributed by atoms with Gasteiger partial charge in [0.05, 0.1) is 15.7 Å². The Morgan fingerprint density at radius 1 is 1.14 bits per heavy atom. The van der Waals surface area contributed by atoms with Crippen molar-refractivity contribution in [2.75, 3.05) is 17.7 Å². The van der Waals surface area contributed by atoms with Crippen molar-refractivity contribution in [1.29, 1.82) is 0 Å². The Hall–Kier alpha value is -1.62. The smallest absolute Gasteiger partial charge is 0.262 e. The summed E-state index contributed by atoms with van der Waals surface area (Å²) in [7, 11) is 0. The normalized spacial score (nSPS) is 10.2. The summed E-state index contributed by atoms with van der Waals surface area (Å²) in [6, 6.07) is 9.73. The highest BCUT2D eigenvalue weighted by Gasteiger charge is 2.09. The summed E-state index contributed by atoms with van der Waals surface area (Å²) in [4.78, 5) is 11.8. The molecule has 0 saturated heterocycles. The number of carbonyl (C=O) groups excluding carboxylic acids is 1. The largest absolute Gasteiger partial charge is 0.482 e. The lowest BCUT2D eigenvalue weighted by Crippen LogP contribution is -2.20. The Morgan fingerprint density at radius 3 is 2.57 bits per heavy atom. The van der Waals surface area contributed by atoms with Crippen molar-refractivity contribution in [3.63, 3.8) is 0 Å². The number of rotatable bonds is 4. The maximum Gasteiger partial charge on any atom is 0.262 e. The van der Waals surface area contributed by atoms with Gasteiger partial charge in [-0.2, -0.15) is 0 Å². The van der Waals surface area contributed by atoms with Crippen molar-refractivity contribution in [2.24, 2.45) is 0 Å². The third kappa shape index (κ3) is 4.43. The number of amides is 1. The van der Waals surface area contributed by atoms with Crippen LogP contribution in [0, 0.1) is 0 Å². The minimum absolute atomic E-state index is 0.214. The van der Waals surface area contributed by atoms with E-state index in [0.717, 1.165) is 0 Å². The second-order valence-electron chi connectivity index (χ2n) is 4.15. The molecule has 0 unspecified atom stereocenters. The second kappa shape index (κ2) is 6.89. The minimum atomic E-state index is -0.345. The number of hydrogen-bond donors (Lipinski definition) is 2. The van der Waals surface area contributed by atoms with Crippen molar-refractivity contribution in [3.05, 3.63) is 51.5 Å². The summed E-state index contributed by atoms with van der Waals surface area (Å²) >= 11 is 17.5. The topological polar surface area (TPSA) is 64.3 Å². The Balaban J connectivity index is 1.97. The molecule has 0 aliphatic rings. The van der Waals surface area contributed by atoms with Crippen molar-refractivity contribution < 1.29 is 9.53 Å². The Kier molecular flexibility index (Phi) is 5.17. The summed E-state index contributed by atoms with van der Waals surface area (Å²) in [6.45, 7) is -0.214. The van der Waals surface area contributed by atoms with Gasteiger partial charge in [0.1, 0.15) is 5.75 Å². The number of nitrogens with two attached hydrogens (primary N) is 1. The van der Waals surface area contributed by atoms with E-state index in [1.807, 2.05) is 0 Å². The van der Waals surface area contributed by atoms with Gasteiger partial charge in [-0.05, 0) is 24.3 Å². The van der Waals surface area contributed by atoms with Gasteiger partial charge in [0.25, 0.3) is 5.91 Å². The first kappa shape index (κ1) is 15.8. The van der Waals surface area contributed by atoms with Gasteiger partial charge in [-0.3, -0.25) is 4.79 Å². The lowest BCUT2D eigenvalue weighted by atomic mass is 10.3. The lowest BCUT2D eigenvalue weighted by Gasteiger charge is -2.10. The Labute approximate surface area is 136 Å². The summed E-state index contributed by atoms with van der Waals surface area (Å²) in [5.74, 6) is -0.0478. The summed E-state index contributed by atoms with van der Waals surface area (Å²) in [5, 5.41) is 3.81. The van der Waals surface area contributed by atoms with Crippen LogP contribution in [0.2, 0.25) is 15.1 Å². The molecule has 0 bridgehead atoms. The zero-order valence-corrected chi connectivity index (χ0v) is 13.0. The van der Waals surface area contributed by atoms with Crippen molar-refractivity contribution in [1.82, 2.24) is 0 Å². The zero-order valence-electron chi connectivity index (χ0n) is 10.7. The number of ether oxygens (including phenoxy) is 1. The molecule has 21 heavy (non-hydrogen) atoms. The highest BCUT2D eigenvalue weighted by atomic mass is 35.5. The molecule has 0 aliphatic carbocycles. The summed E-state index contributed by atoms with van der Waals surface area (Å²) in [5.41, 5.74) is 6.62. The van der Waals surface area contributed by atoms with E-state index >= 15 is 0 Å². The number of hydrogen-bond acceptors (Lipinski definition) is 3. The molecule has 7 heteroatoms. The van der Waals surface area contributed by atoms with Gasteiger partial charge in [-0.15, -0.1) is 0 Å². The molecule has 2 aromatic carbocycles. The SMILES string of the molecule is Nc1cc(Cl)c(Cl)cc1OCC(=O)Nc1cccc(Cl)c1. The predicted molar refractivity (Wildman–Crippen MR) is 86.5 cm³/mol. The fourth-order valence-corrected chi connectivity index (χ4v) is 2.09. The third-order valence-corrected chi connectivity index (χ3v) is 3.48. The van der Waals surface area contributed by atoms with E-state index in [9.17, 15) is 4.79 Å². The monoisotopic (exact) mass is 344 g/mol. The van der Waals surface area contributed by atoms with Crippen LogP contribution in [0.25, 0.3) is 0 Å². The van der Waals surface area contributed by atoms with E-state index in [-0.39, 0.29) is 12.5 Å². The van der Waals surface area contributed by atoms with E-state index in [2.05, 4.69) is 5.32 Å². The van der Waals surface area contributed by atoms with E-state index in [1.165, 1.54) is 12.1 Å². The molecule has 0 spiro atoms. The molecule has 0 heterocycles. The molecule has 0 aromatic heterocycles. The molecule has 4 nitrogen and oxygen atoms in total. The van der Waals surface area contributed by atoms with Crippen LogP contribution in [0.1, 0.15) is 0 Å². The molecular weight excluding hydrogens is 335 g/mol. The fraction of sp³-hybridized carbons (Fsp3) is 0.0714. The van der Waals surface area contributed by atoms with Gasteiger partial charge in [-0.1, -0.05) is 40.9 Å². The average Bonchev–Trinajstić information content (AvgIpc) is 2.41. The molecule has 110 valence electrons. The maximum atomic E-state index is 11.8. The van der Waals surface area contributed by atoms with Crippen molar-refractivity contribution >= 4 is 52.1 Å². The van der Waals surface area contributed by atoms with Gasteiger partial charge in [0.15, 0.2) is 6.61 Å². The Morgan fingerprint density at radius 2 is 1.86 bits per heavy atom. The molecule has 2 aromatic rings. The first-order valence-electron chi connectivity index (χ1n) is 5.88. The van der Waals surface area contributed by atoms with Gasteiger partial charge < -0.3 is 15.8 Å². The first-order valence-corrected chi connectivity index (χ1v) is 7.02. The zero-order chi connectivity index (χ0) is 15.4. The number of nitrogen functional groups attached to an aromatic ring is 1. The van der Waals surface area contributed by atoms with Crippen molar-refractivity contribution in [3.8, 4) is 5.75 Å². The van der Waals surface area contributed by atoms with Crippen LogP contribution in [0.3, 0.4) is 0 Å². The second-order valence-corrected chi connectivity index (χ2v) is 5.40. The molecule has 0 radical (unpaired) electrons. The lowest BCUT2D eigenvalue weighted by molar-refractivity contribution is -0.118. The van der Waals surface area contributed by atoms with Gasteiger partial charge >= 0.3 is 0 Å². The van der Waals surface area contributed by atoms with Crippen LogP contribution >= 0.6 is 34.8 Å². The quantitative estimate of drug-likeness (QED) is 0.814. The van der Waals surface area contributed by atoms with Crippen LogP contribution in [0.4, 0.5) is 11.4 Å². The molecule has 3 N–H and O–H groups in total. The molecule has 0 fully saturated rings. The summed E-state index contributed by atoms with van der Waals surface area (Å²) in [6.07, 6.45) is 0. The van der Waals surface area contributed by atoms with Crippen LogP contribution in [-0.4, -0.2) is 12.5 Å². The maximum absolute atomic E-state index is 11.8. The van der Waals surface area contributed by atoms with Crippen LogP contribution in [-0.2, 0) is 4.79 Å². The molecular formula is C14H11Cl3N2O2. The van der Waals surface area contributed by atoms with Gasteiger partial charge in [0, 0.05) is 16.8 Å². The van der Waals surface area contributed by atoms with E-state index < -0.39 is 0 Å². The fourth-order valence-electron chi connectivity index (χ4n) is 1.58. The highest BCUT2D eigenvalue weighted by Crippen LogP contribution is 2.32. The standard InChI is InChI=1S/C14H11Cl3N2O2/c15-8-2-1-3-9(4-8)19-14(20)7-21-13-6-11(17)10(16)5-12(13)18/h1-6H,7,18H2,(H,19,20). The molecule has 2 rings (SSSR count). The number of carbonyl (C=O) groups is 1. The molecule has 0 saturated carbocycles. The van der Waals surface area contributed by atoms with E-state index in [0.29, 0.717) is 32.2 Å². The van der Waals surface area contributed by atoms with Crippen LogP contribution in [0.5, 0.6) is 5.75 Å².